The number of carbonyl (C=O) groups excluding carboxylic acids is 1. The van der Waals surface area contributed by atoms with Crippen LogP contribution in [0.25, 0.3) is 0 Å². The second kappa shape index (κ2) is 6.60. The van der Waals surface area contributed by atoms with Gasteiger partial charge in [0.1, 0.15) is 0 Å². The Morgan fingerprint density at radius 1 is 1.18 bits per heavy atom. The molecule has 1 fully saturated rings. The minimum Gasteiger partial charge on any atom is -0.399 e. The van der Waals surface area contributed by atoms with Gasteiger partial charge in [-0.2, -0.15) is 0 Å². The van der Waals surface area contributed by atoms with Crippen LogP contribution in [0.5, 0.6) is 0 Å². The summed E-state index contributed by atoms with van der Waals surface area (Å²) in [4.78, 5) is 18.6. The van der Waals surface area contributed by atoms with E-state index in [1.165, 1.54) is 0 Å². The third kappa shape index (κ3) is 3.64. The molecule has 4 heteroatoms. The predicted octanol–water partition coefficient (Wildman–Crippen LogP) is 2.79. The maximum absolute atomic E-state index is 12.6. The summed E-state index contributed by atoms with van der Waals surface area (Å²) in [6, 6.07) is 12.1. The van der Waals surface area contributed by atoms with E-state index in [0.29, 0.717) is 25.4 Å². The SMILES string of the molecule is Nc1ccccc1CCC(=O)N(Cc1ccncc1)C1CC1. The monoisotopic (exact) mass is 295 g/mol. The molecule has 0 radical (unpaired) electrons. The van der Waals surface area contributed by atoms with Crippen LogP contribution in [0.15, 0.2) is 48.8 Å². The maximum Gasteiger partial charge on any atom is 0.223 e. The van der Waals surface area contributed by atoms with Gasteiger partial charge in [-0.3, -0.25) is 9.78 Å². The number of aromatic nitrogens is 1. The fourth-order valence-electron chi connectivity index (χ4n) is 2.64. The molecule has 1 heterocycles. The Labute approximate surface area is 131 Å². The van der Waals surface area contributed by atoms with Gasteiger partial charge in [0.2, 0.25) is 5.91 Å². The lowest BCUT2D eigenvalue weighted by Gasteiger charge is -2.22. The highest BCUT2D eigenvalue weighted by atomic mass is 16.2. The van der Waals surface area contributed by atoms with Gasteiger partial charge >= 0.3 is 0 Å². The molecule has 22 heavy (non-hydrogen) atoms. The highest BCUT2D eigenvalue weighted by Gasteiger charge is 2.32. The highest BCUT2D eigenvalue weighted by Crippen LogP contribution is 2.29. The zero-order valence-electron chi connectivity index (χ0n) is 12.6. The van der Waals surface area contributed by atoms with E-state index in [0.717, 1.165) is 29.7 Å². The van der Waals surface area contributed by atoms with Gasteiger partial charge in [-0.1, -0.05) is 18.2 Å². The van der Waals surface area contributed by atoms with E-state index in [-0.39, 0.29) is 5.91 Å². The number of hydrogen-bond donors (Lipinski definition) is 1. The fourth-order valence-corrected chi connectivity index (χ4v) is 2.64. The lowest BCUT2D eigenvalue weighted by atomic mass is 10.1. The molecule has 0 spiro atoms. The van der Waals surface area contributed by atoms with E-state index in [4.69, 9.17) is 5.73 Å². The summed E-state index contributed by atoms with van der Waals surface area (Å²) in [5.41, 5.74) is 8.90. The molecule has 1 aliphatic rings. The number of carbonyl (C=O) groups is 1. The number of nitrogen functional groups attached to an aromatic ring is 1. The van der Waals surface area contributed by atoms with Crippen LogP contribution in [0.4, 0.5) is 5.69 Å². The molecule has 0 aliphatic heterocycles. The number of aryl methyl sites for hydroxylation is 1. The third-order valence-corrected chi connectivity index (χ3v) is 4.07. The molecule has 3 rings (SSSR count). The first-order valence-electron chi connectivity index (χ1n) is 7.76. The van der Waals surface area contributed by atoms with Crippen LogP contribution in [-0.2, 0) is 17.8 Å². The van der Waals surface area contributed by atoms with E-state index in [1.807, 2.05) is 41.3 Å². The number of nitrogens with two attached hydrogens (primary N) is 1. The van der Waals surface area contributed by atoms with Crippen molar-refractivity contribution in [1.29, 1.82) is 0 Å². The lowest BCUT2D eigenvalue weighted by Crippen LogP contribution is -2.32. The normalized spacial score (nSPS) is 13.8. The van der Waals surface area contributed by atoms with E-state index in [2.05, 4.69) is 4.98 Å². The summed E-state index contributed by atoms with van der Waals surface area (Å²) in [7, 11) is 0. The average molecular weight is 295 g/mol. The van der Waals surface area contributed by atoms with Crippen molar-refractivity contribution < 1.29 is 4.79 Å². The van der Waals surface area contributed by atoms with Crippen LogP contribution < -0.4 is 5.73 Å². The highest BCUT2D eigenvalue weighted by molar-refractivity contribution is 5.77. The van der Waals surface area contributed by atoms with Gasteiger partial charge in [-0.15, -0.1) is 0 Å². The number of rotatable bonds is 6. The number of anilines is 1. The van der Waals surface area contributed by atoms with Crippen LogP contribution in [0.3, 0.4) is 0 Å². The van der Waals surface area contributed by atoms with Gasteiger partial charge in [-0.25, -0.2) is 0 Å². The number of para-hydroxylation sites is 1. The lowest BCUT2D eigenvalue weighted by molar-refractivity contribution is -0.132. The summed E-state index contributed by atoms with van der Waals surface area (Å²) in [6.07, 6.45) is 6.99. The van der Waals surface area contributed by atoms with E-state index in [9.17, 15) is 4.79 Å². The molecule has 4 nitrogen and oxygen atoms in total. The summed E-state index contributed by atoms with van der Waals surface area (Å²) in [5.74, 6) is 0.211. The Morgan fingerprint density at radius 3 is 2.59 bits per heavy atom. The van der Waals surface area contributed by atoms with Crippen LogP contribution in [0.1, 0.15) is 30.4 Å². The minimum atomic E-state index is 0.211. The molecule has 0 atom stereocenters. The van der Waals surface area contributed by atoms with Crippen LogP contribution in [0, 0.1) is 0 Å². The van der Waals surface area contributed by atoms with Gasteiger partial charge in [0.05, 0.1) is 0 Å². The molecule has 0 unspecified atom stereocenters. The van der Waals surface area contributed by atoms with Crippen molar-refractivity contribution >= 4 is 11.6 Å². The second-order valence-electron chi connectivity index (χ2n) is 5.81. The quantitative estimate of drug-likeness (QED) is 0.834. The molecule has 1 aromatic carbocycles. The Bertz CT molecular complexity index is 638. The van der Waals surface area contributed by atoms with Crippen molar-refractivity contribution in [2.45, 2.75) is 38.3 Å². The molecular weight excluding hydrogens is 274 g/mol. The molecule has 0 saturated heterocycles. The van der Waals surface area contributed by atoms with Crippen molar-refractivity contribution in [3.05, 3.63) is 59.9 Å². The fraction of sp³-hybridized carbons (Fsp3) is 0.333. The van der Waals surface area contributed by atoms with Gasteiger partial charge < -0.3 is 10.6 Å². The number of pyridine rings is 1. The molecular formula is C18H21N3O. The summed E-state index contributed by atoms with van der Waals surface area (Å²) < 4.78 is 0. The summed E-state index contributed by atoms with van der Waals surface area (Å²) >= 11 is 0. The molecule has 0 bridgehead atoms. The van der Waals surface area contributed by atoms with E-state index >= 15 is 0 Å². The smallest absolute Gasteiger partial charge is 0.223 e. The number of amides is 1. The van der Waals surface area contributed by atoms with E-state index < -0.39 is 0 Å². The topological polar surface area (TPSA) is 59.2 Å². The van der Waals surface area contributed by atoms with Crippen LogP contribution >= 0.6 is 0 Å². The van der Waals surface area contributed by atoms with Gasteiger partial charge in [0.15, 0.2) is 0 Å². The third-order valence-electron chi connectivity index (χ3n) is 4.07. The zero-order valence-corrected chi connectivity index (χ0v) is 12.6. The second-order valence-corrected chi connectivity index (χ2v) is 5.81. The first kappa shape index (κ1) is 14.6. The molecule has 2 N–H and O–H groups in total. The van der Waals surface area contributed by atoms with E-state index in [1.54, 1.807) is 12.4 Å². The van der Waals surface area contributed by atoms with Gasteiger partial charge in [-0.05, 0) is 48.6 Å². The Balaban J connectivity index is 1.62. The first-order valence-corrected chi connectivity index (χ1v) is 7.76. The van der Waals surface area contributed by atoms with Crippen molar-refractivity contribution in [3.63, 3.8) is 0 Å². The number of nitrogens with zero attached hydrogens (tertiary/aromatic N) is 2. The first-order chi connectivity index (χ1) is 10.7. The van der Waals surface area contributed by atoms with Crippen molar-refractivity contribution in [2.24, 2.45) is 0 Å². The minimum absolute atomic E-state index is 0.211. The molecule has 1 aromatic heterocycles. The van der Waals surface area contributed by atoms with Crippen LogP contribution in [0.2, 0.25) is 0 Å². The molecule has 1 saturated carbocycles. The molecule has 114 valence electrons. The van der Waals surface area contributed by atoms with Crippen molar-refractivity contribution in [1.82, 2.24) is 9.88 Å². The Morgan fingerprint density at radius 2 is 1.91 bits per heavy atom. The van der Waals surface area contributed by atoms with Gasteiger partial charge in [0.25, 0.3) is 0 Å². The predicted molar refractivity (Wildman–Crippen MR) is 87.0 cm³/mol. The van der Waals surface area contributed by atoms with Crippen LogP contribution in [-0.4, -0.2) is 21.8 Å². The molecule has 1 aliphatic carbocycles. The van der Waals surface area contributed by atoms with Gasteiger partial charge in [0, 0.05) is 37.1 Å². The van der Waals surface area contributed by atoms with Crippen molar-refractivity contribution in [2.75, 3.05) is 5.73 Å². The Kier molecular flexibility index (Phi) is 4.37. The number of hydrogen-bond acceptors (Lipinski definition) is 3. The Hall–Kier alpha value is -2.36. The average Bonchev–Trinajstić information content (AvgIpc) is 3.37. The maximum atomic E-state index is 12.6. The summed E-state index contributed by atoms with van der Waals surface area (Å²) in [6.45, 7) is 0.677. The largest absolute Gasteiger partial charge is 0.399 e. The molecule has 2 aromatic rings. The summed E-state index contributed by atoms with van der Waals surface area (Å²) in [5, 5.41) is 0. The molecule has 1 amide bonds. The number of benzene rings is 1. The zero-order chi connectivity index (χ0) is 15.4. The standard InChI is InChI=1S/C18H21N3O/c19-17-4-2-1-3-15(17)5-8-18(22)21(16-6-7-16)13-14-9-11-20-12-10-14/h1-4,9-12,16H,5-8,13,19H2. The van der Waals surface area contributed by atoms with Crippen molar-refractivity contribution in [3.8, 4) is 0 Å².